The highest BCUT2D eigenvalue weighted by Gasteiger charge is 2.36. The molecule has 112 valence electrons. The predicted octanol–water partition coefficient (Wildman–Crippen LogP) is 2.84. The van der Waals surface area contributed by atoms with E-state index in [2.05, 4.69) is 4.85 Å². The Balaban J connectivity index is 2.14. The molecule has 1 fully saturated rings. The highest BCUT2D eigenvalue weighted by molar-refractivity contribution is 8.18. The number of imide groups is 1. The lowest BCUT2D eigenvalue weighted by Crippen LogP contribution is -2.34. The van der Waals surface area contributed by atoms with Gasteiger partial charge < -0.3 is 4.74 Å². The summed E-state index contributed by atoms with van der Waals surface area (Å²) in [7, 11) is 0. The van der Waals surface area contributed by atoms with E-state index in [9.17, 15) is 14.4 Å². The maximum Gasteiger partial charge on any atom is 0.326 e. The average molecular weight is 316 g/mol. The molecule has 0 aromatic heterocycles. The number of thioether (sulfide) groups is 1. The van der Waals surface area contributed by atoms with E-state index in [-0.39, 0.29) is 18.1 Å². The van der Waals surface area contributed by atoms with E-state index >= 15 is 0 Å². The van der Waals surface area contributed by atoms with Gasteiger partial charge in [0.2, 0.25) is 0 Å². The number of hydrogen-bond acceptors (Lipinski definition) is 5. The third-order valence-electron chi connectivity index (χ3n) is 2.79. The van der Waals surface area contributed by atoms with Crippen LogP contribution in [0, 0.1) is 6.57 Å². The van der Waals surface area contributed by atoms with E-state index < -0.39 is 17.1 Å². The standard InChI is InChI=1S/C15H12N2O4S/c1-3-21-13(18)9-17-14(19)12(22-15(17)20)8-10-4-6-11(16-2)7-5-10/h4-8H,3,9H2,1H3/b12-8-. The molecule has 0 aliphatic carbocycles. The number of amides is 2. The fourth-order valence-electron chi connectivity index (χ4n) is 1.77. The quantitative estimate of drug-likeness (QED) is 0.485. The van der Waals surface area contributed by atoms with Gasteiger partial charge in [-0.05, 0) is 30.3 Å². The Morgan fingerprint density at radius 1 is 1.36 bits per heavy atom. The fourth-order valence-corrected chi connectivity index (χ4v) is 2.61. The molecule has 0 atom stereocenters. The average Bonchev–Trinajstić information content (AvgIpc) is 2.76. The van der Waals surface area contributed by atoms with Crippen molar-refractivity contribution in [3.63, 3.8) is 0 Å². The largest absolute Gasteiger partial charge is 0.465 e. The van der Waals surface area contributed by atoms with Gasteiger partial charge in [-0.3, -0.25) is 19.3 Å². The molecule has 0 spiro atoms. The molecule has 0 saturated carbocycles. The van der Waals surface area contributed by atoms with E-state index in [1.54, 1.807) is 37.3 Å². The SMILES string of the molecule is [C-]#[N+]c1ccc(/C=C2\SC(=O)N(CC(=O)OCC)C2=O)cc1. The summed E-state index contributed by atoms with van der Waals surface area (Å²) < 4.78 is 4.74. The Morgan fingerprint density at radius 2 is 2.05 bits per heavy atom. The summed E-state index contributed by atoms with van der Waals surface area (Å²) in [4.78, 5) is 39.7. The van der Waals surface area contributed by atoms with Crippen LogP contribution in [-0.2, 0) is 14.3 Å². The minimum absolute atomic E-state index is 0.193. The number of nitrogens with zero attached hydrogens (tertiary/aromatic N) is 2. The third-order valence-corrected chi connectivity index (χ3v) is 3.69. The summed E-state index contributed by atoms with van der Waals surface area (Å²) in [5.74, 6) is -1.13. The first-order chi connectivity index (χ1) is 10.5. The Morgan fingerprint density at radius 3 is 2.64 bits per heavy atom. The van der Waals surface area contributed by atoms with E-state index in [4.69, 9.17) is 11.3 Å². The first-order valence-corrected chi connectivity index (χ1v) is 7.25. The van der Waals surface area contributed by atoms with Gasteiger partial charge in [0, 0.05) is 0 Å². The van der Waals surface area contributed by atoms with Gasteiger partial charge in [0.1, 0.15) is 6.54 Å². The lowest BCUT2D eigenvalue weighted by atomic mass is 10.2. The van der Waals surface area contributed by atoms with Crippen molar-refractivity contribution in [3.8, 4) is 0 Å². The molecule has 2 rings (SSSR count). The first-order valence-electron chi connectivity index (χ1n) is 6.43. The lowest BCUT2D eigenvalue weighted by molar-refractivity contribution is -0.145. The maximum atomic E-state index is 12.1. The zero-order chi connectivity index (χ0) is 16.1. The molecule has 1 aromatic carbocycles. The maximum absolute atomic E-state index is 12.1. The van der Waals surface area contributed by atoms with Crippen LogP contribution in [0.25, 0.3) is 10.9 Å². The van der Waals surface area contributed by atoms with Crippen LogP contribution in [0.5, 0.6) is 0 Å². The predicted molar refractivity (Wildman–Crippen MR) is 82.0 cm³/mol. The summed E-state index contributed by atoms with van der Waals surface area (Å²) in [6.07, 6.45) is 1.56. The van der Waals surface area contributed by atoms with Crippen molar-refractivity contribution in [2.45, 2.75) is 6.92 Å². The monoisotopic (exact) mass is 316 g/mol. The molecule has 7 heteroatoms. The number of esters is 1. The fraction of sp³-hybridized carbons (Fsp3) is 0.200. The Kier molecular flexibility index (Phi) is 4.96. The smallest absolute Gasteiger partial charge is 0.326 e. The molecule has 1 aromatic rings. The van der Waals surface area contributed by atoms with E-state index in [1.807, 2.05) is 0 Å². The van der Waals surface area contributed by atoms with Gasteiger partial charge in [-0.25, -0.2) is 4.85 Å². The van der Waals surface area contributed by atoms with Crippen molar-refractivity contribution in [2.75, 3.05) is 13.2 Å². The van der Waals surface area contributed by atoms with Gasteiger partial charge in [0.25, 0.3) is 11.1 Å². The number of hydrogen-bond donors (Lipinski definition) is 0. The zero-order valence-electron chi connectivity index (χ0n) is 11.7. The molecule has 1 aliphatic rings. The van der Waals surface area contributed by atoms with Crippen molar-refractivity contribution in [2.24, 2.45) is 0 Å². The van der Waals surface area contributed by atoms with E-state index in [0.29, 0.717) is 11.3 Å². The Labute approximate surface area is 131 Å². The van der Waals surface area contributed by atoms with Crippen LogP contribution in [0.2, 0.25) is 0 Å². The minimum atomic E-state index is -0.618. The summed E-state index contributed by atoms with van der Waals surface area (Å²) in [6.45, 7) is 8.34. The van der Waals surface area contributed by atoms with Crippen molar-refractivity contribution in [1.29, 1.82) is 0 Å². The summed E-state index contributed by atoms with van der Waals surface area (Å²) in [6, 6.07) is 6.63. The highest BCUT2D eigenvalue weighted by atomic mass is 32.2. The van der Waals surface area contributed by atoms with Crippen molar-refractivity contribution < 1.29 is 19.1 Å². The van der Waals surface area contributed by atoms with Gasteiger partial charge in [-0.1, -0.05) is 24.3 Å². The zero-order valence-corrected chi connectivity index (χ0v) is 12.6. The van der Waals surface area contributed by atoms with E-state index in [1.165, 1.54) is 0 Å². The van der Waals surface area contributed by atoms with Crippen molar-refractivity contribution in [1.82, 2.24) is 4.90 Å². The van der Waals surface area contributed by atoms with Gasteiger partial charge in [-0.2, -0.15) is 0 Å². The first kappa shape index (κ1) is 15.8. The second kappa shape index (κ2) is 6.91. The highest BCUT2D eigenvalue weighted by Crippen LogP contribution is 2.32. The number of carbonyl (C=O) groups is 3. The molecule has 6 nitrogen and oxygen atoms in total. The van der Waals surface area contributed by atoms with Crippen LogP contribution >= 0.6 is 11.8 Å². The molecule has 0 unspecified atom stereocenters. The number of rotatable bonds is 4. The molecule has 22 heavy (non-hydrogen) atoms. The molecule has 1 aliphatic heterocycles. The second-order valence-electron chi connectivity index (χ2n) is 4.28. The second-order valence-corrected chi connectivity index (χ2v) is 5.27. The Hall–Kier alpha value is -2.59. The molecule has 0 bridgehead atoms. The number of ether oxygens (including phenoxy) is 1. The van der Waals surface area contributed by atoms with Gasteiger partial charge >= 0.3 is 5.97 Å². The summed E-state index contributed by atoms with van der Waals surface area (Å²) in [5, 5.41) is -0.498. The van der Waals surface area contributed by atoms with E-state index in [0.717, 1.165) is 16.7 Å². The lowest BCUT2D eigenvalue weighted by Gasteiger charge is -2.10. The summed E-state index contributed by atoms with van der Waals surface area (Å²) >= 11 is 0.777. The topological polar surface area (TPSA) is 68.0 Å². The van der Waals surface area contributed by atoms with Crippen LogP contribution in [0.15, 0.2) is 29.2 Å². The number of benzene rings is 1. The third kappa shape index (κ3) is 3.54. The van der Waals surface area contributed by atoms with Crippen LogP contribution in [-0.4, -0.2) is 35.2 Å². The molecule has 0 N–H and O–H groups in total. The van der Waals surface area contributed by atoms with Gasteiger partial charge in [0.05, 0.1) is 18.1 Å². The number of carbonyl (C=O) groups excluding carboxylic acids is 3. The van der Waals surface area contributed by atoms with Crippen LogP contribution in [0.4, 0.5) is 10.5 Å². The summed E-state index contributed by atoms with van der Waals surface area (Å²) in [5.41, 5.74) is 1.20. The molecule has 1 heterocycles. The molecular formula is C15H12N2O4S. The molecular weight excluding hydrogens is 304 g/mol. The van der Waals surface area contributed by atoms with Gasteiger partial charge in [0.15, 0.2) is 5.69 Å². The van der Waals surface area contributed by atoms with Crippen molar-refractivity contribution in [3.05, 3.63) is 46.2 Å². The molecule has 1 saturated heterocycles. The van der Waals surface area contributed by atoms with Crippen molar-refractivity contribution >= 4 is 40.6 Å². The van der Waals surface area contributed by atoms with Crippen LogP contribution in [0.3, 0.4) is 0 Å². The van der Waals surface area contributed by atoms with Gasteiger partial charge in [-0.15, -0.1) is 0 Å². The normalized spacial score (nSPS) is 16.0. The minimum Gasteiger partial charge on any atom is -0.465 e. The Bertz CT molecular complexity index is 688. The molecule has 2 amide bonds. The van der Waals surface area contributed by atoms with Crippen LogP contribution < -0.4 is 0 Å². The molecule has 0 radical (unpaired) electrons. The van der Waals surface area contributed by atoms with Crippen LogP contribution in [0.1, 0.15) is 12.5 Å².